The van der Waals surface area contributed by atoms with E-state index in [1.54, 1.807) is 24.5 Å². The van der Waals surface area contributed by atoms with E-state index in [0.717, 1.165) is 46.6 Å². The van der Waals surface area contributed by atoms with E-state index in [4.69, 9.17) is 4.74 Å². The fourth-order valence-electron chi connectivity index (χ4n) is 5.98. The van der Waals surface area contributed by atoms with Crippen LogP contribution in [0.25, 0.3) is 22.5 Å². The van der Waals surface area contributed by atoms with Gasteiger partial charge < -0.3 is 15.2 Å². The Kier molecular flexibility index (Phi) is 14.9. The van der Waals surface area contributed by atoms with Gasteiger partial charge in [-0.05, 0) is 59.9 Å². The number of ketones is 1. The fraction of sp³-hybridized carbons (Fsp3) is 0.419. The van der Waals surface area contributed by atoms with E-state index in [1.165, 1.54) is 25.7 Å². The summed E-state index contributed by atoms with van der Waals surface area (Å²) in [5.74, 6) is -0.609. The molecule has 4 rings (SSSR count). The molecule has 1 amide bonds. The molecule has 0 saturated heterocycles. The number of carbonyl (C=O) groups is 3. The van der Waals surface area contributed by atoms with Crippen molar-refractivity contribution in [2.45, 2.75) is 97.9 Å². The van der Waals surface area contributed by atoms with Crippen molar-refractivity contribution in [1.82, 2.24) is 15.3 Å². The van der Waals surface area contributed by atoms with Crippen molar-refractivity contribution < 1.29 is 24.2 Å². The smallest absolute Gasteiger partial charge is 0.326 e. The molecule has 0 aliphatic heterocycles. The van der Waals surface area contributed by atoms with Crippen molar-refractivity contribution in [2.24, 2.45) is 11.8 Å². The standard InChI is InChI=1S/C43H53N3O5/c1-6-7-8-9-10-23-51-38-21-19-33(20-22-38)37-27-44-41(45-28-37)35-13-11-31(12-14-35)25-36(42(48)46-39(43(49)50)24-29(2)3)26-40(47)34-17-15-32(16-18-34)30(4)5/h11-22,27-30,36,39H,6-10,23-26H2,1-5H3,(H,46,48)(H,49,50)/t36-,39-/m1/s1. The monoisotopic (exact) mass is 691 g/mol. The molecule has 0 saturated carbocycles. The molecule has 0 aliphatic rings. The second-order valence-electron chi connectivity index (χ2n) is 14.1. The van der Waals surface area contributed by atoms with E-state index in [1.807, 2.05) is 74.5 Å². The SMILES string of the molecule is CCCCCCCOc1ccc(-c2cnc(-c3ccc(C[C@H](CC(=O)c4ccc(C(C)C)cc4)C(=O)N[C@H](CC(C)C)C(=O)O)cc3)nc2)cc1. The number of nitrogens with zero attached hydrogens (tertiary/aromatic N) is 2. The maximum atomic E-state index is 13.5. The van der Waals surface area contributed by atoms with Crippen molar-refractivity contribution in [3.05, 3.63) is 102 Å². The zero-order valence-corrected chi connectivity index (χ0v) is 30.7. The molecule has 0 fully saturated rings. The van der Waals surface area contributed by atoms with Gasteiger partial charge in [-0.2, -0.15) is 0 Å². The van der Waals surface area contributed by atoms with E-state index in [-0.39, 0.29) is 24.5 Å². The number of carboxylic acid groups (broad SMARTS) is 1. The first-order valence-electron chi connectivity index (χ1n) is 18.3. The summed E-state index contributed by atoms with van der Waals surface area (Å²) in [4.78, 5) is 48.1. The quantitative estimate of drug-likeness (QED) is 0.0700. The number of unbranched alkanes of at least 4 members (excludes halogenated alkanes) is 4. The maximum Gasteiger partial charge on any atom is 0.326 e. The van der Waals surface area contributed by atoms with Crippen LogP contribution in [-0.4, -0.2) is 45.4 Å². The molecular weight excluding hydrogens is 638 g/mol. The summed E-state index contributed by atoms with van der Waals surface area (Å²) in [6.45, 7) is 10.9. The summed E-state index contributed by atoms with van der Waals surface area (Å²) >= 11 is 0. The van der Waals surface area contributed by atoms with Crippen molar-refractivity contribution >= 4 is 17.7 Å². The minimum atomic E-state index is -1.09. The van der Waals surface area contributed by atoms with Crippen LogP contribution in [0.15, 0.2) is 85.2 Å². The third-order valence-electron chi connectivity index (χ3n) is 9.07. The highest BCUT2D eigenvalue weighted by molar-refractivity contribution is 5.99. The second kappa shape index (κ2) is 19.5. The molecule has 0 spiro atoms. The average Bonchev–Trinajstić information content (AvgIpc) is 3.13. The number of ether oxygens (including phenoxy) is 1. The summed E-state index contributed by atoms with van der Waals surface area (Å²) in [6, 6.07) is 22.0. The molecule has 51 heavy (non-hydrogen) atoms. The summed E-state index contributed by atoms with van der Waals surface area (Å²) in [6.07, 6.45) is 10.1. The van der Waals surface area contributed by atoms with Crippen LogP contribution >= 0.6 is 0 Å². The van der Waals surface area contributed by atoms with E-state index >= 15 is 0 Å². The van der Waals surface area contributed by atoms with Crippen molar-refractivity contribution in [2.75, 3.05) is 6.61 Å². The lowest BCUT2D eigenvalue weighted by molar-refractivity contribution is -0.142. The lowest BCUT2D eigenvalue weighted by Gasteiger charge is -2.21. The number of rotatable bonds is 20. The van der Waals surface area contributed by atoms with Crippen molar-refractivity contribution in [1.29, 1.82) is 0 Å². The van der Waals surface area contributed by atoms with Gasteiger partial charge in [-0.25, -0.2) is 14.8 Å². The number of carboxylic acids is 1. The Morgan fingerprint density at radius 1 is 0.765 bits per heavy atom. The largest absolute Gasteiger partial charge is 0.494 e. The van der Waals surface area contributed by atoms with Gasteiger partial charge in [0, 0.05) is 41.4 Å². The molecule has 0 aliphatic carbocycles. The summed E-state index contributed by atoms with van der Waals surface area (Å²) in [7, 11) is 0. The molecule has 0 bridgehead atoms. The van der Waals surface area contributed by atoms with Crippen molar-refractivity contribution in [3.63, 3.8) is 0 Å². The zero-order valence-electron chi connectivity index (χ0n) is 30.7. The van der Waals surface area contributed by atoms with Gasteiger partial charge in [0.25, 0.3) is 0 Å². The Morgan fingerprint density at radius 3 is 1.98 bits per heavy atom. The number of amides is 1. The predicted octanol–water partition coefficient (Wildman–Crippen LogP) is 9.33. The molecule has 2 atom stereocenters. The summed E-state index contributed by atoms with van der Waals surface area (Å²) in [5.41, 5.74) is 5.22. The number of hydrogen-bond donors (Lipinski definition) is 2. The predicted molar refractivity (Wildman–Crippen MR) is 203 cm³/mol. The average molecular weight is 692 g/mol. The van der Waals surface area contributed by atoms with E-state index in [2.05, 4.69) is 36.1 Å². The maximum absolute atomic E-state index is 13.5. The number of Topliss-reactive ketones (excluding diaryl/α,β-unsaturated/α-hetero) is 1. The van der Waals surface area contributed by atoms with Crippen LogP contribution in [0.2, 0.25) is 0 Å². The van der Waals surface area contributed by atoms with Gasteiger partial charge in [0.1, 0.15) is 11.8 Å². The van der Waals surface area contributed by atoms with E-state index in [0.29, 0.717) is 23.7 Å². The summed E-state index contributed by atoms with van der Waals surface area (Å²) < 4.78 is 5.90. The van der Waals surface area contributed by atoms with Gasteiger partial charge in [-0.15, -0.1) is 0 Å². The van der Waals surface area contributed by atoms with E-state index in [9.17, 15) is 19.5 Å². The number of nitrogens with one attached hydrogen (secondary N) is 1. The summed E-state index contributed by atoms with van der Waals surface area (Å²) in [5, 5.41) is 12.5. The first-order chi connectivity index (χ1) is 24.5. The first-order valence-corrected chi connectivity index (χ1v) is 18.3. The van der Waals surface area contributed by atoms with Crippen LogP contribution in [-0.2, 0) is 16.0 Å². The topological polar surface area (TPSA) is 118 Å². The molecule has 8 nitrogen and oxygen atoms in total. The molecule has 2 N–H and O–H groups in total. The normalized spacial score (nSPS) is 12.5. The Labute approximate surface area is 303 Å². The minimum Gasteiger partial charge on any atom is -0.494 e. The minimum absolute atomic E-state index is 0.0423. The van der Waals surface area contributed by atoms with E-state index < -0.39 is 23.8 Å². The lowest BCUT2D eigenvalue weighted by atomic mass is 9.90. The third-order valence-corrected chi connectivity index (χ3v) is 9.07. The lowest BCUT2D eigenvalue weighted by Crippen LogP contribution is -2.45. The second-order valence-corrected chi connectivity index (χ2v) is 14.1. The van der Waals surface area contributed by atoms with Crippen molar-refractivity contribution in [3.8, 4) is 28.3 Å². The molecule has 0 radical (unpaired) electrons. The Bertz CT molecular complexity index is 1680. The molecule has 8 heteroatoms. The molecule has 1 aromatic heterocycles. The Morgan fingerprint density at radius 2 is 1.39 bits per heavy atom. The number of aliphatic carboxylic acids is 1. The van der Waals surface area contributed by atoms with Crippen LogP contribution in [0.3, 0.4) is 0 Å². The third kappa shape index (κ3) is 12.2. The van der Waals surface area contributed by atoms with Gasteiger partial charge in [-0.1, -0.05) is 121 Å². The first kappa shape index (κ1) is 38.9. The highest BCUT2D eigenvalue weighted by Crippen LogP contribution is 2.25. The molecule has 270 valence electrons. The highest BCUT2D eigenvalue weighted by atomic mass is 16.5. The molecule has 1 heterocycles. The van der Waals surface area contributed by atoms with Crippen LogP contribution in [0.4, 0.5) is 0 Å². The molecular formula is C43H53N3O5. The zero-order chi connectivity index (χ0) is 36.8. The van der Waals surface area contributed by atoms with Gasteiger partial charge in [0.2, 0.25) is 5.91 Å². The number of benzene rings is 3. The highest BCUT2D eigenvalue weighted by Gasteiger charge is 2.28. The Hall–Kier alpha value is -4.85. The number of hydrogen-bond acceptors (Lipinski definition) is 6. The Balaban J connectivity index is 1.42. The van der Waals surface area contributed by atoms with Crippen LogP contribution in [0.1, 0.15) is 107 Å². The molecule has 3 aromatic carbocycles. The molecule has 4 aromatic rings. The fourth-order valence-corrected chi connectivity index (χ4v) is 5.98. The number of carbonyl (C=O) groups excluding carboxylic acids is 2. The molecule has 0 unspecified atom stereocenters. The van der Waals surface area contributed by atoms with Gasteiger partial charge in [0.05, 0.1) is 6.61 Å². The van der Waals surface area contributed by atoms with Crippen LogP contribution in [0.5, 0.6) is 5.75 Å². The van der Waals surface area contributed by atoms with Crippen LogP contribution < -0.4 is 10.1 Å². The van der Waals surface area contributed by atoms with Gasteiger partial charge in [0.15, 0.2) is 11.6 Å². The number of aromatic nitrogens is 2. The van der Waals surface area contributed by atoms with Gasteiger partial charge >= 0.3 is 5.97 Å². The van der Waals surface area contributed by atoms with Crippen LogP contribution in [0, 0.1) is 11.8 Å². The van der Waals surface area contributed by atoms with Gasteiger partial charge in [-0.3, -0.25) is 9.59 Å².